The highest BCUT2D eigenvalue weighted by Gasteiger charge is 2.12. The van der Waals surface area contributed by atoms with Crippen molar-refractivity contribution in [3.63, 3.8) is 0 Å². The Balaban J connectivity index is 2.87. The predicted molar refractivity (Wildman–Crippen MR) is 54.0 cm³/mol. The quantitative estimate of drug-likeness (QED) is 0.828. The number of amides is 1. The predicted octanol–water partition coefficient (Wildman–Crippen LogP) is 2.09. The Morgan fingerprint density at radius 2 is 2.19 bits per heavy atom. The summed E-state index contributed by atoms with van der Waals surface area (Å²) in [5.41, 5.74) is -0.341. The molecule has 0 saturated carbocycles. The molecule has 0 aliphatic rings. The van der Waals surface area contributed by atoms with Gasteiger partial charge in [-0.3, -0.25) is 5.32 Å². The number of carboxylic acid groups (broad SMARTS) is 1. The third-order valence-corrected chi connectivity index (χ3v) is 1.72. The van der Waals surface area contributed by atoms with Gasteiger partial charge in [0.25, 0.3) is 0 Å². The van der Waals surface area contributed by atoms with E-state index < -0.39 is 23.4 Å². The largest absolute Gasteiger partial charge is 0.478 e. The van der Waals surface area contributed by atoms with Gasteiger partial charge in [0.15, 0.2) is 0 Å². The van der Waals surface area contributed by atoms with Crippen LogP contribution in [0.2, 0.25) is 0 Å². The second-order valence-corrected chi connectivity index (χ2v) is 2.85. The van der Waals surface area contributed by atoms with E-state index in [9.17, 15) is 14.0 Å². The van der Waals surface area contributed by atoms with Gasteiger partial charge in [-0.1, -0.05) is 0 Å². The van der Waals surface area contributed by atoms with Crippen molar-refractivity contribution in [1.29, 1.82) is 0 Å². The van der Waals surface area contributed by atoms with Crippen molar-refractivity contribution < 1.29 is 23.8 Å². The molecule has 1 aromatic carbocycles. The second kappa shape index (κ2) is 5.11. The van der Waals surface area contributed by atoms with Crippen molar-refractivity contribution in [2.75, 3.05) is 11.9 Å². The zero-order chi connectivity index (χ0) is 12.1. The van der Waals surface area contributed by atoms with Crippen molar-refractivity contribution in [3.8, 4) is 0 Å². The number of benzene rings is 1. The number of hydrogen-bond donors (Lipinski definition) is 2. The molecule has 0 unspecified atom stereocenters. The van der Waals surface area contributed by atoms with Crippen LogP contribution >= 0.6 is 0 Å². The molecule has 16 heavy (non-hydrogen) atoms. The summed E-state index contributed by atoms with van der Waals surface area (Å²) < 4.78 is 17.6. The Bertz CT molecular complexity index is 419. The number of nitrogens with one attached hydrogen (secondary N) is 1. The van der Waals surface area contributed by atoms with Crippen molar-refractivity contribution in [2.45, 2.75) is 6.92 Å². The summed E-state index contributed by atoms with van der Waals surface area (Å²) in [6, 6.07) is 3.23. The number of aromatic carboxylic acids is 1. The van der Waals surface area contributed by atoms with E-state index in [-0.39, 0.29) is 12.3 Å². The zero-order valence-corrected chi connectivity index (χ0v) is 8.49. The van der Waals surface area contributed by atoms with Crippen molar-refractivity contribution in [1.82, 2.24) is 0 Å². The third kappa shape index (κ3) is 2.94. The number of carbonyl (C=O) groups is 2. The lowest BCUT2D eigenvalue weighted by molar-refractivity contribution is 0.0692. The summed E-state index contributed by atoms with van der Waals surface area (Å²) in [5.74, 6) is -2.26. The van der Waals surface area contributed by atoms with E-state index in [1.54, 1.807) is 6.92 Å². The molecule has 1 aromatic rings. The van der Waals surface area contributed by atoms with E-state index in [0.29, 0.717) is 0 Å². The lowest BCUT2D eigenvalue weighted by Crippen LogP contribution is -2.14. The molecule has 0 bridgehead atoms. The van der Waals surface area contributed by atoms with E-state index in [1.807, 2.05) is 0 Å². The first-order chi connectivity index (χ1) is 7.54. The third-order valence-electron chi connectivity index (χ3n) is 1.72. The minimum Gasteiger partial charge on any atom is -0.478 e. The first-order valence-electron chi connectivity index (χ1n) is 4.51. The van der Waals surface area contributed by atoms with E-state index in [2.05, 4.69) is 10.1 Å². The van der Waals surface area contributed by atoms with Crippen LogP contribution in [0.15, 0.2) is 18.2 Å². The molecule has 0 radical (unpaired) electrons. The summed E-state index contributed by atoms with van der Waals surface area (Å²) >= 11 is 0. The van der Waals surface area contributed by atoms with Gasteiger partial charge in [0.1, 0.15) is 5.82 Å². The van der Waals surface area contributed by atoms with E-state index in [1.165, 1.54) is 6.07 Å². The fraction of sp³-hybridized carbons (Fsp3) is 0.200. The van der Waals surface area contributed by atoms with Crippen molar-refractivity contribution in [3.05, 3.63) is 29.6 Å². The van der Waals surface area contributed by atoms with Crippen LogP contribution in [-0.4, -0.2) is 23.8 Å². The number of rotatable bonds is 3. The van der Waals surface area contributed by atoms with Gasteiger partial charge in [-0.2, -0.15) is 0 Å². The molecule has 0 aromatic heterocycles. The Kier molecular flexibility index (Phi) is 3.82. The van der Waals surface area contributed by atoms with Crippen LogP contribution in [0.3, 0.4) is 0 Å². The van der Waals surface area contributed by atoms with E-state index in [0.717, 1.165) is 12.1 Å². The molecule has 1 amide bonds. The molecular weight excluding hydrogens is 217 g/mol. The van der Waals surface area contributed by atoms with Crippen LogP contribution in [-0.2, 0) is 4.74 Å². The number of hydrogen-bond acceptors (Lipinski definition) is 3. The fourth-order valence-electron chi connectivity index (χ4n) is 1.05. The summed E-state index contributed by atoms with van der Waals surface area (Å²) in [6.45, 7) is 1.83. The van der Waals surface area contributed by atoms with Gasteiger partial charge in [-0.05, 0) is 25.1 Å². The Morgan fingerprint density at radius 3 is 2.75 bits per heavy atom. The first kappa shape index (κ1) is 12.0. The van der Waals surface area contributed by atoms with Crippen LogP contribution in [0.25, 0.3) is 0 Å². The highest BCUT2D eigenvalue weighted by molar-refractivity contribution is 5.91. The van der Waals surface area contributed by atoms with Crippen LogP contribution in [0, 0.1) is 5.82 Å². The molecule has 0 saturated heterocycles. The highest BCUT2D eigenvalue weighted by Crippen LogP contribution is 2.14. The van der Waals surface area contributed by atoms with Crippen LogP contribution < -0.4 is 5.32 Å². The Labute approximate surface area is 90.8 Å². The van der Waals surface area contributed by atoms with Gasteiger partial charge >= 0.3 is 12.1 Å². The highest BCUT2D eigenvalue weighted by atomic mass is 19.1. The Morgan fingerprint density at radius 1 is 1.50 bits per heavy atom. The molecule has 0 heterocycles. The molecule has 2 N–H and O–H groups in total. The molecule has 86 valence electrons. The SMILES string of the molecule is CCOC(=O)Nc1ccc(F)c(C(=O)O)c1. The molecule has 6 heteroatoms. The number of halogens is 1. The van der Waals surface area contributed by atoms with Crippen molar-refractivity contribution in [2.24, 2.45) is 0 Å². The summed E-state index contributed by atoms with van der Waals surface area (Å²) in [6.07, 6.45) is -0.717. The molecule has 0 aliphatic carbocycles. The maximum absolute atomic E-state index is 13.0. The number of carbonyl (C=O) groups excluding carboxylic acids is 1. The van der Waals surface area contributed by atoms with Gasteiger partial charge < -0.3 is 9.84 Å². The first-order valence-corrected chi connectivity index (χ1v) is 4.51. The van der Waals surface area contributed by atoms with Gasteiger partial charge in [0.05, 0.1) is 12.2 Å². The normalized spacial score (nSPS) is 9.62. The van der Waals surface area contributed by atoms with E-state index in [4.69, 9.17) is 5.11 Å². The lowest BCUT2D eigenvalue weighted by atomic mass is 10.2. The molecule has 0 aliphatic heterocycles. The topological polar surface area (TPSA) is 75.6 Å². The molecule has 0 spiro atoms. The summed E-state index contributed by atoms with van der Waals surface area (Å²) in [7, 11) is 0. The average molecular weight is 227 g/mol. The Hall–Kier alpha value is -2.11. The smallest absolute Gasteiger partial charge is 0.411 e. The van der Waals surface area contributed by atoms with Gasteiger partial charge in [-0.25, -0.2) is 14.0 Å². The van der Waals surface area contributed by atoms with Crippen LogP contribution in [0.4, 0.5) is 14.9 Å². The monoisotopic (exact) mass is 227 g/mol. The summed E-state index contributed by atoms with van der Waals surface area (Å²) in [4.78, 5) is 21.6. The van der Waals surface area contributed by atoms with Crippen LogP contribution in [0.5, 0.6) is 0 Å². The lowest BCUT2D eigenvalue weighted by Gasteiger charge is -2.06. The van der Waals surface area contributed by atoms with Gasteiger partial charge in [0.2, 0.25) is 0 Å². The molecule has 5 nitrogen and oxygen atoms in total. The van der Waals surface area contributed by atoms with Gasteiger partial charge in [0, 0.05) is 5.69 Å². The zero-order valence-electron chi connectivity index (χ0n) is 8.49. The molecule has 0 atom stereocenters. The van der Waals surface area contributed by atoms with Crippen LogP contribution in [0.1, 0.15) is 17.3 Å². The minimum absolute atomic E-state index is 0.164. The fourth-order valence-corrected chi connectivity index (χ4v) is 1.05. The second-order valence-electron chi connectivity index (χ2n) is 2.85. The number of ether oxygens (including phenoxy) is 1. The maximum Gasteiger partial charge on any atom is 0.411 e. The number of carboxylic acids is 1. The van der Waals surface area contributed by atoms with Gasteiger partial charge in [-0.15, -0.1) is 0 Å². The standard InChI is InChI=1S/C10H10FNO4/c1-2-16-10(15)12-6-3-4-8(11)7(5-6)9(13)14/h3-5H,2H2,1H3,(H,12,15)(H,13,14). The maximum atomic E-state index is 13.0. The van der Waals surface area contributed by atoms with Crippen molar-refractivity contribution >= 4 is 17.7 Å². The molecule has 1 rings (SSSR count). The average Bonchev–Trinajstić information content (AvgIpc) is 2.21. The number of anilines is 1. The molecular formula is C10H10FNO4. The molecule has 0 fully saturated rings. The minimum atomic E-state index is -1.40. The van der Waals surface area contributed by atoms with E-state index >= 15 is 0 Å². The summed E-state index contributed by atoms with van der Waals surface area (Å²) in [5, 5.41) is 10.9.